The molecule has 26 heavy (non-hydrogen) atoms. The lowest BCUT2D eigenvalue weighted by molar-refractivity contribution is -0.132. The van der Waals surface area contributed by atoms with Gasteiger partial charge in [-0.25, -0.2) is 4.79 Å². The van der Waals surface area contributed by atoms with Crippen LogP contribution in [-0.2, 0) is 10.2 Å². The van der Waals surface area contributed by atoms with Gasteiger partial charge < -0.3 is 10.0 Å². The van der Waals surface area contributed by atoms with Gasteiger partial charge in [-0.15, -0.1) is 0 Å². The molecule has 1 amide bonds. The molecule has 1 aliphatic heterocycles. The van der Waals surface area contributed by atoms with Crippen molar-refractivity contribution in [1.29, 1.82) is 0 Å². The fraction of sp³-hybridized carbons (Fsp3) is 0.333. The van der Waals surface area contributed by atoms with Crippen molar-refractivity contribution in [2.75, 3.05) is 13.1 Å². The minimum atomic E-state index is -0.919. The van der Waals surface area contributed by atoms with Crippen LogP contribution in [0.4, 0.5) is 0 Å². The summed E-state index contributed by atoms with van der Waals surface area (Å²) in [5.41, 5.74) is 1.95. The molecule has 2 aromatic carbocycles. The normalized spacial score (nSPS) is 20.8. The Balaban J connectivity index is 1.50. The first-order chi connectivity index (χ1) is 12.5. The van der Waals surface area contributed by atoms with Crippen LogP contribution in [0.15, 0.2) is 48.5 Å². The van der Waals surface area contributed by atoms with Crippen molar-refractivity contribution in [3.05, 3.63) is 70.2 Å². The second-order valence-electron chi connectivity index (χ2n) is 7.26. The van der Waals surface area contributed by atoms with E-state index in [-0.39, 0.29) is 17.2 Å². The first kappa shape index (κ1) is 17.1. The highest BCUT2D eigenvalue weighted by Gasteiger charge is 2.53. The highest BCUT2D eigenvalue weighted by atomic mass is 35.5. The number of likely N-dealkylation sites (tertiary alicyclic amines) is 1. The van der Waals surface area contributed by atoms with Gasteiger partial charge in [0.25, 0.3) is 0 Å². The molecule has 1 aliphatic carbocycles. The van der Waals surface area contributed by atoms with E-state index in [1.807, 2.05) is 35.2 Å². The van der Waals surface area contributed by atoms with Crippen molar-refractivity contribution in [3.63, 3.8) is 0 Å². The van der Waals surface area contributed by atoms with Crippen LogP contribution >= 0.6 is 11.6 Å². The summed E-state index contributed by atoms with van der Waals surface area (Å²) in [6.45, 7) is 1.37. The van der Waals surface area contributed by atoms with Crippen LogP contribution in [0.2, 0.25) is 5.02 Å². The number of benzene rings is 2. The zero-order valence-electron chi connectivity index (χ0n) is 14.3. The van der Waals surface area contributed by atoms with Crippen LogP contribution in [-0.4, -0.2) is 35.0 Å². The number of carbonyl (C=O) groups is 2. The van der Waals surface area contributed by atoms with Crippen LogP contribution in [0.5, 0.6) is 0 Å². The molecule has 0 aromatic heterocycles. The van der Waals surface area contributed by atoms with Crippen LogP contribution in [0.25, 0.3) is 0 Å². The summed E-state index contributed by atoms with van der Waals surface area (Å²) in [7, 11) is 0. The number of amides is 1. The molecule has 5 heteroatoms. The quantitative estimate of drug-likeness (QED) is 0.883. The Labute approximate surface area is 157 Å². The van der Waals surface area contributed by atoms with E-state index in [0.717, 1.165) is 36.9 Å². The lowest BCUT2D eigenvalue weighted by Crippen LogP contribution is -2.37. The van der Waals surface area contributed by atoms with Gasteiger partial charge in [0.2, 0.25) is 5.91 Å². The number of hydrogen-bond donors (Lipinski definition) is 1. The first-order valence-corrected chi connectivity index (χ1v) is 9.26. The van der Waals surface area contributed by atoms with Gasteiger partial charge in [0, 0.05) is 24.0 Å². The second kappa shape index (κ2) is 6.44. The van der Waals surface area contributed by atoms with Gasteiger partial charge in [0.1, 0.15) is 0 Å². The average Bonchev–Trinajstić information content (AvgIpc) is 3.31. The first-order valence-electron chi connectivity index (χ1n) is 8.88. The third-order valence-corrected chi connectivity index (χ3v) is 5.89. The molecule has 134 valence electrons. The fourth-order valence-electron chi connectivity index (χ4n) is 3.97. The maximum atomic E-state index is 13.2. The van der Waals surface area contributed by atoms with Crippen LogP contribution < -0.4 is 0 Å². The van der Waals surface area contributed by atoms with Crippen LogP contribution in [0.1, 0.15) is 46.7 Å². The number of nitrogens with zero attached hydrogens (tertiary/aromatic N) is 1. The standard InChI is InChI=1S/C21H20ClNO3/c22-18-6-4-17(5-7-18)21(9-10-21)20(26)23-11-8-16(13-23)14-2-1-3-15(12-14)19(24)25/h1-7,12,16H,8-11,13H2,(H,24,25). The van der Waals surface area contributed by atoms with E-state index in [1.54, 1.807) is 18.2 Å². The molecule has 2 aliphatic rings. The SMILES string of the molecule is O=C(O)c1cccc(C2CCN(C(=O)C3(c4ccc(Cl)cc4)CC3)C2)c1. The summed E-state index contributed by atoms with van der Waals surface area (Å²) in [4.78, 5) is 26.3. The van der Waals surface area contributed by atoms with Gasteiger partial charge in [-0.3, -0.25) is 4.79 Å². The molecule has 0 bridgehead atoms. The summed E-state index contributed by atoms with van der Waals surface area (Å²) in [5.74, 6) is -0.534. The third-order valence-electron chi connectivity index (χ3n) is 5.64. The molecule has 0 spiro atoms. The highest BCUT2D eigenvalue weighted by molar-refractivity contribution is 6.30. The molecule has 0 radical (unpaired) electrons. The van der Waals surface area contributed by atoms with Crippen molar-refractivity contribution in [3.8, 4) is 0 Å². The zero-order valence-corrected chi connectivity index (χ0v) is 15.1. The molecule has 2 aromatic rings. The Morgan fingerprint density at radius 2 is 1.85 bits per heavy atom. The second-order valence-corrected chi connectivity index (χ2v) is 7.69. The van der Waals surface area contributed by atoms with E-state index in [0.29, 0.717) is 17.1 Å². The van der Waals surface area contributed by atoms with Crippen molar-refractivity contribution in [2.24, 2.45) is 0 Å². The van der Waals surface area contributed by atoms with Gasteiger partial charge >= 0.3 is 5.97 Å². The Kier molecular flexibility index (Phi) is 4.23. The third kappa shape index (κ3) is 2.99. The van der Waals surface area contributed by atoms with Crippen molar-refractivity contribution < 1.29 is 14.7 Å². The summed E-state index contributed by atoms with van der Waals surface area (Å²) < 4.78 is 0. The number of halogens is 1. The Bertz CT molecular complexity index is 858. The Hall–Kier alpha value is -2.33. The maximum Gasteiger partial charge on any atom is 0.335 e. The average molecular weight is 370 g/mol. The summed E-state index contributed by atoms with van der Waals surface area (Å²) in [6.07, 6.45) is 2.62. The molecule has 1 atom stereocenters. The van der Waals surface area contributed by atoms with Gasteiger partial charge in [-0.05, 0) is 54.7 Å². The van der Waals surface area contributed by atoms with Gasteiger partial charge in [0.05, 0.1) is 11.0 Å². The molecular weight excluding hydrogens is 350 g/mol. The highest BCUT2D eigenvalue weighted by Crippen LogP contribution is 2.50. The largest absolute Gasteiger partial charge is 0.478 e. The summed E-state index contributed by atoms with van der Waals surface area (Å²) in [5, 5.41) is 9.86. The molecule has 4 nitrogen and oxygen atoms in total. The Morgan fingerprint density at radius 1 is 1.12 bits per heavy atom. The molecular formula is C21H20ClNO3. The minimum Gasteiger partial charge on any atom is -0.478 e. The number of carboxylic acids is 1. The zero-order chi connectivity index (χ0) is 18.3. The monoisotopic (exact) mass is 369 g/mol. The van der Waals surface area contributed by atoms with E-state index >= 15 is 0 Å². The number of carbonyl (C=O) groups excluding carboxylic acids is 1. The Morgan fingerprint density at radius 3 is 2.50 bits per heavy atom. The van der Waals surface area contributed by atoms with Gasteiger partial charge in [-0.2, -0.15) is 0 Å². The number of rotatable bonds is 4. The van der Waals surface area contributed by atoms with Gasteiger partial charge in [-0.1, -0.05) is 35.9 Å². The maximum absolute atomic E-state index is 13.2. The molecule has 4 rings (SSSR count). The summed E-state index contributed by atoms with van der Waals surface area (Å²) in [6, 6.07) is 14.7. The van der Waals surface area contributed by atoms with Crippen LogP contribution in [0.3, 0.4) is 0 Å². The number of aromatic carboxylic acids is 1. The van der Waals surface area contributed by atoms with E-state index in [1.165, 1.54) is 0 Å². The van der Waals surface area contributed by atoms with Crippen molar-refractivity contribution in [1.82, 2.24) is 4.90 Å². The van der Waals surface area contributed by atoms with E-state index < -0.39 is 5.97 Å². The van der Waals surface area contributed by atoms with E-state index in [9.17, 15) is 14.7 Å². The minimum absolute atomic E-state index is 0.191. The lowest BCUT2D eigenvalue weighted by atomic mass is 9.94. The molecule has 1 unspecified atom stereocenters. The van der Waals surface area contributed by atoms with Crippen molar-refractivity contribution >= 4 is 23.5 Å². The fourth-order valence-corrected chi connectivity index (χ4v) is 4.09. The number of carboxylic acid groups (broad SMARTS) is 1. The van der Waals surface area contributed by atoms with E-state index in [2.05, 4.69) is 0 Å². The molecule has 2 fully saturated rings. The predicted octanol–water partition coefficient (Wildman–Crippen LogP) is 4.09. The molecule has 1 saturated heterocycles. The topological polar surface area (TPSA) is 57.6 Å². The van der Waals surface area contributed by atoms with Crippen LogP contribution in [0, 0.1) is 0 Å². The molecule has 1 saturated carbocycles. The molecule has 1 N–H and O–H groups in total. The van der Waals surface area contributed by atoms with E-state index in [4.69, 9.17) is 11.6 Å². The lowest BCUT2D eigenvalue weighted by Gasteiger charge is -2.24. The van der Waals surface area contributed by atoms with Crippen molar-refractivity contribution in [2.45, 2.75) is 30.6 Å². The predicted molar refractivity (Wildman–Crippen MR) is 99.7 cm³/mol. The molecule has 1 heterocycles. The smallest absolute Gasteiger partial charge is 0.335 e. The van der Waals surface area contributed by atoms with Gasteiger partial charge in [0.15, 0.2) is 0 Å². The number of hydrogen-bond acceptors (Lipinski definition) is 2. The summed E-state index contributed by atoms with van der Waals surface area (Å²) >= 11 is 5.97.